The molecule has 0 aliphatic rings. The van der Waals surface area contributed by atoms with E-state index in [0.717, 1.165) is 6.92 Å². The first-order valence-corrected chi connectivity index (χ1v) is 3.36. The minimum absolute atomic E-state index is 0.546. The van der Waals surface area contributed by atoms with Gasteiger partial charge in [0.05, 0.1) is 0 Å². The van der Waals surface area contributed by atoms with Gasteiger partial charge in [-0.1, -0.05) is 11.6 Å². The van der Waals surface area contributed by atoms with Crippen LogP contribution >= 0.6 is 11.6 Å². The Morgan fingerprint density at radius 3 is 2.08 bits per heavy atom. The van der Waals surface area contributed by atoms with Crippen LogP contribution in [-0.2, 0) is 0 Å². The van der Waals surface area contributed by atoms with Crippen LogP contribution in [0, 0.1) is 24.4 Å². The molecule has 12 heavy (non-hydrogen) atoms. The first kappa shape index (κ1) is 9.19. The summed E-state index contributed by atoms with van der Waals surface area (Å²) < 4.78 is 37.9. The molecule has 0 saturated heterocycles. The fraction of sp³-hybridized carbons (Fsp3) is 0.143. The number of phenols is 1. The molecule has 0 amide bonds. The van der Waals surface area contributed by atoms with Gasteiger partial charge in [-0.25, -0.2) is 8.78 Å². The number of benzene rings is 1. The van der Waals surface area contributed by atoms with E-state index >= 15 is 0 Å². The molecule has 0 aliphatic heterocycles. The third-order valence-corrected chi connectivity index (χ3v) is 1.80. The van der Waals surface area contributed by atoms with Crippen molar-refractivity contribution in [3.63, 3.8) is 0 Å². The number of aromatic hydroxyl groups is 1. The average Bonchev–Trinajstić information content (AvgIpc) is 2.08. The Kier molecular flexibility index (Phi) is 2.19. The van der Waals surface area contributed by atoms with Crippen LogP contribution in [0.2, 0.25) is 5.02 Å². The van der Waals surface area contributed by atoms with E-state index in [4.69, 9.17) is 16.7 Å². The highest BCUT2D eigenvalue weighted by Gasteiger charge is 2.20. The van der Waals surface area contributed by atoms with E-state index in [-0.39, 0.29) is 0 Å². The van der Waals surface area contributed by atoms with E-state index in [0.29, 0.717) is 0 Å². The highest BCUT2D eigenvalue weighted by molar-refractivity contribution is 6.32. The highest BCUT2D eigenvalue weighted by atomic mass is 35.5. The number of hydrogen-bond donors (Lipinski definition) is 1. The summed E-state index contributed by atoms with van der Waals surface area (Å²) in [6.07, 6.45) is 0. The smallest absolute Gasteiger partial charge is 0.202 e. The maximum Gasteiger partial charge on any atom is 0.202 e. The van der Waals surface area contributed by atoms with E-state index in [1.807, 2.05) is 0 Å². The fourth-order valence-corrected chi connectivity index (χ4v) is 0.955. The van der Waals surface area contributed by atoms with Gasteiger partial charge in [0.2, 0.25) is 5.82 Å². The standard InChI is InChI=1S/C7H4ClF3O/c1-2-4(9)3(8)7(12)6(11)5(2)10/h12H,1H3. The molecule has 1 nitrogen and oxygen atoms in total. The van der Waals surface area contributed by atoms with Gasteiger partial charge < -0.3 is 5.11 Å². The third-order valence-electron chi connectivity index (χ3n) is 1.46. The Hall–Kier alpha value is -0.900. The Morgan fingerprint density at radius 2 is 1.58 bits per heavy atom. The molecule has 0 bridgehead atoms. The second-order valence-corrected chi connectivity index (χ2v) is 2.61. The van der Waals surface area contributed by atoms with Crippen LogP contribution in [0.3, 0.4) is 0 Å². The van der Waals surface area contributed by atoms with Crippen LogP contribution in [-0.4, -0.2) is 5.11 Å². The SMILES string of the molecule is Cc1c(F)c(F)c(O)c(Cl)c1F. The van der Waals surface area contributed by atoms with Crippen LogP contribution in [0.4, 0.5) is 13.2 Å². The van der Waals surface area contributed by atoms with Crippen molar-refractivity contribution >= 4 is 11.6 Å². The van der Waals surface area contributed by atoms with Gasteiger partial charge in [0.25, 0.3) is 0 Å². The van der Waals surface area contributed by atoms with Crippen molar-refractivity contribution in [2.45, 2.75) is 6.92 Å². The number of halogens is 4. The van der Waals surface area contributed by atoms with Crippen LogP contribution in [0.5, 0.6) is 5.75 Å². The van der Waals surface area contributed by atoms with E-state index < -0.39 is 33.8 Å². The Balaban J connectivity index is 3.60. The summed E-state index contributed by atoms with van der Waals surface area (Å²) in [4.78, 5) is 0. The summed E-state index contributed by atoms with van der Waals surface area (Å²) in [7, 11) is 0. The lowest BCUT2D eigenvalue weighted by Crippen LogP contribution is -1.95. The lowest BCUT2D eigenvalue weighted by Gasteiger charge is -2.04. The summed E-state index contributed by atoms with van der Waals surface area (Å²) in [6, 6.07) is 0. The topological polar surface area (TPSA) is 20.2 Å². The second kappa shape index (κ2) is 2.86. The molecule has 0 spiro atoms. The molecule has 0 unspecified atom stereocenters. The first-order chi connectivity index (χ1) is 5.46. The van der Waals surface area contributed by atoms with E-state index in [9.17, 15) is 13.2 Å². The molecule has 1 aromatic carbocycles. The molecular weight excluding hydrogens is 193 g/mol. The molecule has 1 aromatic rings. The van der Waals surface area contributed by atoms with Crippen LogP contribution in [0.1, 0.15) is 5.56 Å². The number of phenolic OH excluding ortho intramolecular Hbond substituents is 1. The monoisotopic (exact) mass is 196 g/mol. The molecule has 1 rings (SSSR count). The molecule has 0 aliphatic carbocycles. The number of hydrogen-bond acceptors (Lipinski definition) is 1. The molecule has 0 aromatic heterocycles. The lowest BCUT2D eigenvalue weighted by atomic mass is 10.2. The van der Waals surface area contributed by atoms with Crippen molar-refractivity contribution < 1.29 is 18.3 Å². The molecule has 0 fully saturated rings. The van der Waals surface area contributed by atoms with Gasteiger partial charge in [-0.05, 0) is 6.92 Å². The predicted molar refractivity (Wildman–Crippen MR) is 37.7 cm³/mol. The molecule has 0 heterocycles. The van der Waals surface area contributed by atoms with Gasteiger partial charge in [0.1, 0.15) is 5.02 Å². The van der Waals surface area contributed by atoms with Crippen LogP contribution in [0.15, 0.2) is 0 Å². The third kappa shape index (κ3) is 1.12. The first-order valence-electron chi connectivity index (χ1n) is 2.98. The summed E-state index contributed by atoms with van der Waals surface area (Å²) in [6.45, 7) is 1.03. The maximum atomic E-state index is 12.7. The van der Waals surface area contributed by atoms with Gasteiger partial charge in [-0.15, -0.1) is 0 Å². The summed E-state index contributed by atoms with van der Waals surface area (Å²) in [5, 5.41) is 7.91. The number of rotatable bonds is 0. The summed E-state index contributed by atoms with van der Waals surface area (Å²) >= 11 is 5.13. The molecule has 0 saturated carbocycles. The summed E-state index contributed by atoms with van der Waals surface area (Å²) in [5.74, 6) is -5.29. The zero-order valence-corrected chi connectivity index (χ0v) is 6.72. The zero-order valence-electron chi connectivity index (χ0n) is 5.96. The summed E-state index contributed by atoms with van der Waals surface area (Å²) in [5.41, 5.74) is -0.546. The van der Waals surface area contributed by atoms with E-state index in [1.54, 1.807) is 0 Å². The molecule has 5 heteroatoms. The van der Waals surface area contributed by atoms with Gasteiger partial charge in [-0.2, -0.15) is 4.39 Å². The Bertz CT molecular complexity index is 233. The van der Waals surface area contributed by atoms with Crippen LogP contribution < -0.4 is 0 Å². The van der Waals surface area contributed by atoms with Crippen molar-refractivity contribution in [1.29, 1.82) is 0 Å². The largest absolute Gasteiger partial charge is 0.504 e. The highest BCUT2D eigenvalue weighted by Crippen LogP contribution is 2.33. The van der Waals surface area contributed by atoms with E-state index in [2.05, 4.69) is 0 Å². The molecular formula is C7H4ClF3O. The fourth-order valence-electron chi connectivity index (χ4n) is 0.730. The normalized spacial score (nSPS) is 10.4. The molecule has 66 valence electrons. The van der Waals surface area contributed by atoms with Crippen molar-refractivity contribution in [3.05, 3.63) is 28.0 Å². The van der Waals surface area contributed by atoms with Crippen molar-refractivity contribution in [1.82, 2.24) is 0 Å². The van der Waals surface area contributed by atoms with Crippen LogP contribution in [0.25, 0.3) is 0 Å². The quantitative estimate of drug-likeness (QED) is 0.633. The molecule has 1 N–H and O–H groups in total. The van der Waals surface area contributed by atoms with Crippen molar-refractivity contribution in [2.24, 2.45) is 0 Å². The van der Waals surface area contributed by atoms with Gasteiger partial charge in [0.15, 0.2) is 17.4 Å². The van der Waals surface area contributed by atoms with Crippen molar-refractivity contribution in [2.75, 3.05) is 0 Å². The zero-order chi connectivity index (χ0) is 9.46. The minimum atomic E-state index is -1.53. The maximum absolute atomic E-state index is 12.7. The average molecular weight is 197 g/mol. The predicted octanol–water partition coefficient (Wildman–Crippen LogP) is 2.77. The van der Waals surface area contributed by atoms with Crippen molar-refractivity contribution in [3.8, 4) is 5.75 Å². The lowest BCUT2D eigenvalue weighted by molar-refractivity contribution is 0.396. The molecule has 0 radical (unpaired) electrons. The Morgan fingerprint density at radius 1 is 1.08 bits per heavy atom. The van der Waals surface area contributed by atoms with Gasteiger partial charge >= 0.3 is 0 Å². The van der Waals surface area contributed by atoms with Gasteiger partial charge in [-0.3, -0.25) is 0 Å². The minimum Gasteiger partial charge on any atom is -0.504 e. The Labute approximate surface area is 71.4 Å². The van der Waals surface area contributed by atoms with Gasteiger partial charge in [0, 0.05) is 5.56 Å². The molecule has 0 atom stereocenters. The second-order valence-electron chi connectivity index (χ2n) is 2.23. The van der Waals surface area contributed by atoms with E-state index in [1.165, 1.54) is 0 Å².